The number of amides is 1. The molecule has 1 aliphatic rings. The molecule has 5 rings (SSSR count). The van der Waals surface area contributed by atoms with Crippen LogP contribution >= 0.6 is 23.4 Å². The Morgan fingerprint density at radius 3 is 2.75 bits per heavy atom. The van der Waals surface area contributed by atoms with Crippen LogP contribution in [0.25, 0.3) is 11.4 Å². The van der Waals surface area contributed by atoms with Crippen LogP contribution in [0.15, 0.2) is 70.4 Å². The van der Waals surface area contributed by atoms with E-state index in [2.05, 4.69) is 27.6 Å². The van der Waals surface area contributed by atoms with Gasteiger partial charge in [0, 0.05) is 16.3 Å². The predicted octanol–water partition coefficient (Wildman–Crippen LogP) is 5.46. The van der Waals surface area contributed by atoms with Crippen LogP contribution in [0, 0.1) is 0 Å². The molecule has 2 heterocycles. The molecular weight excluding hydrogens is 444 g/mol. The SMILES string of the molecule is O=C(CSc1nnc(-c2ccc(Cl)cc2)n1Cc1ccco1)Nc1ccc2c(c1)CCC2. The molecule has 0 bridgehead atoms. The summed E-state index contributed by atoms with van der Waals surface area (Å²) in [7, 11) is 0. The van der Waals surface area contributed by atoms with Gasteiger partial charge < -0.3 is 9.73 Å². The van der Waals surface area contributed by atoms with E-state index in [9.17, 15) is 4.79 Å². The number of carbonyl (C=O) groups is 1. The third-order valence-corrected chi connectivity index (χ3v) is 6.65. The zero-order valence-electron chi connectivity index (χ0n) is 17.3. The minimum absolute atomic E-state index is 0.0754. The number of nitrogens with zero attached hydrogens (tertiary/aromatic N) is 3. The third-order valence-electron chi connectivity index (χ3n) is 5.43. The zero-order valence-corrected chi connectivity index (χ0v) is 18.8. The quantitative estimate of drug-likeness (QED) is 0.368. The molecule has 6 nitrogen and oxygen atoms in total. The average Bonchev–Trinajstić information content (AvgIpc) is 3.54. The third kappa shape index (κ3) is 4.59. The monoisotopic (exact) mass is 464 g/mol. The molecule has 0 atom stereocenters. The molecule has 1 N–H and O–H groups in total. The van der Waals surface area contributed by atoms with Crippen LogP contribution in [0.5, 0.6) is 0 Å². The first-order valence-corrected chi connectivity index (χ1v) is 11.8. The van der Waals surface area contributed by atoms with Gasteiger partial charge in [0.25, 0.3) is 0 Å². The van der Waals surface area contributed by atoms with Gasteiger partial charge in [-0.3, -0.25) is 9.36 Å². The number of halogens is 1. The van der Waals surface area contributed by atoms with Gasteiger partial charge >= 0.3 is 0 Å². The molecule has 1 amide bonds. The van der Waals surface area contributed by atoms with E-state index in [1.807, 2.05) is 47.0 Å². The summed E-state index contributed by atoms with van der Waals surface area (Å²) in [6.07, 6.45) is 5.03. The van der Waals surface area contributed by atoms with Gasteiger partial charge in [-0.25, -0.2) is 0 Å². The number of hydrogen-bond donors (Lipinski definition) is 1. The van der Waals surface area contributed by atoms with Crippen molar-refractivity contribution < 1.29 is 9.21 Å². The molecule has 2 aromatic carbocycles. The smallest absolute Gasteiger partial charge is 0.234 e. The molecule has 0 saturated heterocycles. The normalized spacial score (nSPS) is 12.7. The number of rotatable bonds is 7. The first kappa shape index (κ1) is 20.8. The summed E-state index contributed by atoms with van der Waals surface area (Å²) < 4.78 is 7.48. The van der Waals surface area contributed by atoms with Gasteiger partial charge in [-0.15, -0.1) is 10.2 Å². The van der Waals surface area contributed by atoms with Gasteiger partial charge in [0.2, 0.25) is 5.91 Å². The molecule has 0 radical (unpaired) electrons. The molecule has 0 spiro atoms. The van der Waals surface area contributed by atoms with Gasteiger partial charge in [-0.2, -0.15) is 0 Å². The minimum Gasteiger partial charge on any atom is -0.467 e. The predicted molar refractivity (Wildman–Crippen MR) is 126 cm³/mol. The summed E-state index contributed by atoms with van der Waals surface area (Å²) in [4.78, 5) is 12.6. The first-order valence-electron chi connectivity index (χ1n) is 10.4. The number of aryl methyl sites for hydroxylation is 2. The van der Waals surface area contributed by atoms with Crippen LogP contribution in [0.1, 0.15) is 23.3 Å². The van der Waals surface area contributed by atoms with E-state index in [0.29, 0.717) is 22.5 Å². The molecular formula is C24H21ClN4O2S. The highest BCUT2D eigenvalue weighted by Gasteiger charge is 2.18. The Labute approximate surface area is 195 Å². The number of nitrogens with one attached hydrogen (secondary N) is 1. The summed E-state index contributed by atoms with van der Waals surface area (Å²) in [5, 5.41) is 13.0. The molecule has 0 unspecified atom stereocenters. The summed E-state index contributed by atoms with van der Waals surface area (Å²) in [6, 6.07) is 17.4. The lowest BCUT2D eigenvalue weighted by molar-refractivity contribution is -0.113. The number of fused-ring (bicyclic) bond motifs is 1. The molecule has 1 aliphatic carbocycles. The number of furan rings is 1. The van der Waals surface area contributed by atoms with Crippen LogP contribution < -0.4 is 5.32 Å². The van der Waals surface area contributed by atoms with Gasteiger partial charge in [0.1, 0.15) is 5.76 Å². The Bertz CT molecular complexity index is 1240. The van der Waals surface area contributed by atoms with Crippen molar-refractivity contribution in [3.63, 3.8) is 0 Å². The van der Waals surface area contributed by atoms with Gasteiger partial charge in [0.15, 0.2) is 11.0 Å². The number of thioether (sulfide) groups is 1. The van der Waals surface area contributed by atoms with E-state index in [-0.39, 0.29) is 11.7 Å². The maximum Gasteiger partial charge on any atom is 0.234 e. The average molecular weight is 465 g/mol. The zero-order chi connectivity index (χ0) is 21.9. The largest absolute Gasteiger partial charge is 0.467 e. The fourth-order valence-corrected chi connectivity index (χ4v) is 4.75. The number of carbonyl (C=O) groups excluding carboxylic acids is 1. The van der Waals surface area contributed by atoms with Crippen molar-refractivity contribution in [2.75, 3.05) is 11.1 Å². The second-order valence-electron chi connectivity index (χ2n) is 7.65. The molecule has 0 fully saturated rings. The molecule has 0 aliphatic heterocycles. The minimum atomic E-state index is -0.0754. The number of benzene rings is 2. The Kier molecular flexibility index (Phi) is 6.01. The Hall–Kier alpha value is -3.03. The van der Waals surface area contributed by atoms with E-state index in [1.54, 1.807) is 6.26 Å². The molecule has 32 heavy (non-hydrogen) atoms. The van der Waals surface area contributed by atoms with Crippen molar-refractivity contribution in [2.24, 2.45) is 0 Å². The Balaban J connectivity index is 1.32. The van der Waals surface area contributed by atoms with Crippen molar-refractivity contribution in [1.82, 2.24) is 14.8 Å². The lowest BCUT2D eigenvalue weighted by atomic mass is 10.1. The first-order chi connectivity index (χ1) is 15.7. The van der Waals surface area contributed by atoms with Crippen LogP contribution in [-0.4, -0.2) is 26.4 Å². The van der Waals surface area contributed by atoms with Gasteiger partial charge in [0.05, 0.1) is 18.6 Å². The Morgan fingerprint density at radius 2 is 1.94 bits per heavy atom. The highest BCUT2D eigenvalue weighted by Crippen LogP contribution is 2.27. The van der Waals surface area contributed by atoms with Crippen molar-refractivity contribution in [3.8, 4) is 11.4 Å². The fourth-order valence-electron chi connectivity index (χ4n) is 3.89. The molecule has 2 aromatic heterocycles. The molecule has 162 valence electrons. The molecule has 4 aromatic rings. The van der Waals surface area contributed by atoms with Gasteiger partial charge in [-0.1, -0.05) is 29.4 Å². The van der Waals surface area contributed by atoms with Crippen molar-refractivity contribution in [1.29, 1.82) is 0 Å². The summed E-state index contributed by atoms with van der Waals surface area (Å²) in [5.74, 6) is 1.63. The molecule has 0 saturated carbocycles. The number of aromatic nitrogens is 3. The van der Waals surface area contributed by atoms with E-state index < -0.39 is 0 Å². The Morgan fingerprint density at radius 1 is 1.09 bits per heavy atom. The number of hydrogen-bond acceptors (Lipinski definition) is 5. The highest BCUT2D eigenvalue weighted by atomic mass is 35.5. The topological polar surface area (TPSA) is 73.0 Å². The highest BCUT2D eigenvalue weighted by molar-refractivity contribution is 7.99. The lowest BCUT2D eigenvalue weighted by Gasteiger charge is -2.10. The van der Waals surface area contributed by atoms with Crippen LogP contribution in [0.3, 0.4) is 0 Å². The lowest BCUT2D eigenvalue weighted by Crippen LogP contribution is -2.15. The maximum absolute atomic E-state index is 12.6. The summed E-state index contributed by atoms with van der Waals surface area (Å²) in [5.41, 5.74) is 4.46. The summed E-state index contributed by atoms with van der Waals surface area (Å²) >= 11 is 7.38. The second kappa shape index (κ2) is 9.22. The van der Waals surface area contributed by atoms with E-state index in [0.717, 1.165) is 29.9 Å². The van der Waals surface area contributed by atoms with Crippen LogP contribution in [-0.2, 0) is 24.2 Å². The van der Waals surface area contributed by atoms with Crippen molar-refractivity contribution in [3.05, 3.63) is 82.8 Å². The van der Waals surface area contributed by atoms with E-state index in [1.165, 1.54) is 29.3 Å². The van der Waals surface area contributed by atoms with Crippen molar-refractivity contribution in [2.45, 2.75) is 31.0 Å². The fraction of sp³-hybridized carbons (Fsp3) is 0.208. The van der Waals surface area contributed by atoms with Crippen LogP contribution in [0.4, 0.5) is 5.69 Å². The van der Waals surface area contributed by atoms with Crippen molar-refractivity contribution >= 4 is 35.0 Å². The second-order valence-corrected chi connectivity index (χ2v) is 9.03. The number of anilines is 1. The van der Waals surface area contributed by atoms with Gasteiger partial charge in [-0.05, 0) is 78.9 Å². The molecule has 8 heteroatoms. The van der Waals surface area contributed by atoms with E-state index >= 15 is 0 Å². The maximum atomic E-state index is 12.6. The standard InChI is InChI=1S/C24H21ClN4O2S/c25-19-9-6-17(7-10-19)23-27-28-24(29(23)14-21-5-2-12-31-21)32-15-22(30)26-20-11-8-16-3-1-4-18(16)13-20/h2,5-13H,1,3-4,14-15H2,(H,26,30). The van der Waals surface area contributed by atoms with E-state index in [4.69, 9.17) is 16.0 Å². The van der Waals surface area contributed by atoms with Crippen LogP contribution in [0.2, 0.25) is 5.02 Å². The summed E-state index contributed by atoms with van der Waals surface area (Å²) in [6.45, 7) is 0.465.